The van der Waals surface area contributed by atoms with Gasteiger partial charge in [0.1, 0.15) is 0 Å². The molecule has 2 aromatic rings. The number of rotatable bonds is 2. The number of aromatic carboxylic acids is 1. The zero-order valence-electron chi connectivity index (χ0n) is 8.82. The summed E-state index contributed by atoms with van der Waals surface area (Å²) >= 11 is 11.7. The summed E-state index contributed by atoms with van der Waals surface area (Å²) in [6.45, 7) is 0. The van der Waals surface area contributed by atoms with Crippen LogP contribution in [0.2, 0.25) is 10.0 Å². The maximum Gasteiger partial charge on any atom is 0.354 e. The largest absolute Gasteiger partial charge is 0.477 e. The quantitative estimate of drug-likeness (QED) is 0.852. The van der Waals surface area contributed by atoms with Crippen LogP contribution in [0.3, 0.4) is 0 Å². The Morgan fingerprint density at radius 3 is 2.39 bits per heavy atom. The van der Waals surface area contributed by atoms with Crippen LogP contribution in [-0.2, 0) is 0 Å². The van der Waals surface area contributed by atoms with E-state index >= 15 is 0 Å². The lowest BCUT2D eigenvalue weighted by molar-refractivity contribution is 0.0689. The van der Waals surface area contributed by atoms with Crippen LogP contribution in [0.25, 0.3) is 11.1 Å². The fraction of sp³-hybridized carbons (Fsp3) is 0. The molecule has 1 N–H and O–H groups in total. The molecule has 0 radical (unpaired) electrons. The van der Waals surface area contributed by atoms with Crippen LogP contribution in [0.15, 0.2) is 30.3 Å². The number of carboxylic acids is 1. The Balaban J connectivity index is 2.54. The number of pyridine rings is 1. The fourth-order valence-electron chi connectivity index (χ4n) is 1.46. The molecule has 0 aliphatic heterocycles. The molecule has 0 atom stereocenters. The van der Waals surface area contributed by atoms with E-state index in [2.05, 4.69) is 4.98 Å². The molecule has 92 valence electrons. The lowest BCUT2D eigenvalue weighted by atomic mass is 10.1. The summed E-state index contributed by atoms with van der Waals surface area (Å²) in [5, 5.41) is 9.39. The third kappa shape index (κ3) is 2.44. The Kier molecular flexibility index (Phi) is 3.50. The number of aromatic nitrogens is 1. The molecule has 6 heteroatoms. The molecule has 1 aromatic heterocycles. The van der Waals surface area contributed by atoms with Gasteiger partial charge in [0.25, 0.3) is 0 Å². The normalized spacial score (nSPS) is 10.4. The van der Waals surface area contributed by atoms with Crippen LogP contribution in [-0.4, -0.2) is 16.1 Å². The molecule has 0 bridgehead atoms. The number of nitrogens with zero attached hydrogens (tertiary/aromatic N) is 1. The number of hydrogen-bond donors (Lipinski definition) is 1. The molecule has 0 aliphatic rings. The molecule has 0 aliphatic carbocycles. The van der Waals surface area contributed by atoms with Gasteiger partial charge in [-0.3, -0.25) is 0 Å². The van der Waals surface area contributed by atoms with Gasteiger partial charge in [0.2, 0.25) is 5.95 Å². The van der Waals surface area contributed by atoms with Crippen molar-refractivity contribution in [3.05, 3.63) is 52.0 Å². The average molecular weight is 286 g/mol. The van der Waals surface area contributed by atoms with Gasteiger partial charge in [0, 0.05) is 16.1 Å². The molecule has 18 heavy (non-hydrogen) atoms. The minimum absolute atomic E-state index is 0.127. The highest BCUT2D eigenvalue weighted by molar-refractivity contribution is 6.36. The molecule has 0 spiro atoms. The third-order valence-corrected chi connectivity index (χ3v) is 2.84. The SMILES string of the molecule is O=C(O)c1ccc(-c2ccc(Cl)cc2Cl)c(F)n1. The number of hydrogen-bond acceptors (Lipinski definition) is 2. The molecule has 1 heterocycles. The molecule has 0 saturated heterocycles. The van der Waals surface area contributed by atoms with Crippen LogP contribution in [0, 0.1) is 5.95 Å². The summed E-state index contributed by atoms with van der Waals surface area (Å²) in [6, 6.07) is 7.12. The molecule has 2 rings (SSSR count). The zero-order valence-corrected chi connectivity index (χ0v) is 10.3. The van der Waals surface area contributed by atoms with Crippen LogP contribution in [0.1, 0.15) is 10.5 Å². The van der Waals surface area contributed by atoms with Crippen LogP contribution in [0.5, 0.6) is 0 Å². The molecule has 0 unspecified atom stereocenters. The van der Waals surface area contributed by atoms with Gasteiger partial charge in [-0.15, -0.1) is 0 Å². The number of carbonyl (C=O) groups is 1. The van der Waals surface area contributed by atoms with Gasteiger partial charge in [0.05, 0.1) is 5.02 Å². The van der Waals surface area contributed by atoms with Gasteiger partial charge in [-0.2, -0.15) is 4.39 Å². The van der Waals surface area contributed by atoms with Gasteiger partial charge in [-0.1, -0.05) is 29.3 Å². The predicted octanol–water partition coefficient (Wildman–Crippen LogP) is 3.89. The monoisotopic (exact) mass is 285 g/mol. The van der Waals surface area contributed by atoms with Crippen LogP contribution < -0.4 is 0 Å². The van der Waals surface area contributed by atoms with E-state index in [0.29, 0.717) is 10.6 Å². The van der Waals surface area contributed by atoms with E-state index in [0.717, 1.165) is 0 Å². The summed E-state index contributed by atoms with van der Waals surface area (Å²) in [5.41, 5.74) is 0.172. The van der Waals surface area contributed by atoms with Crippen molar-refractivity contribution in [2.24, 2.45) is 0 Å². The van der Waals surface area contributed by atoms with E-state index in [1.807, 2.05) is 0 Å². The van der Waals surface area contributed by atoms with Crippen molar-refractivity contribution in [2.75, 3.05) is 0 Å². The standard InChI is InChI=1S/C12H6Cl2FNO2/c13-6-1-2-7(9(14)5-6)8-3-4-10(12(17)18)16-11(8)15/h1-5H,(H,17,18). The Bertz CT molecular complexity index is 631. The number of carboxylic acid groups (broad SMARTS) is 1. The summed E-state index contributed by atoms with van der Waals surface area (Å²) < 4.78 is 13.7. The topological polar surface area (TPSA) is 50.2 Å². The number of benzene rings is 1. The van der Waals surface area contributed by atoms with Gasteiger partial charge in [-0.05, 0) is 24.3 Å². The Labute approximate surface area is 112 Å². The maximum absolute atomic E-state index is 13.7. The molecule has 3 nitrogen and oxygen atoms in total. The van der Waals surface area contributed by atoms with E-state index in [1.54, 1.807) is 12.1 Å². The van der Waals surface area contributed by atoms with Crippen molar-refractivity contribution in [1.82, 2.24) is 4.98 Å². The fourth-order valence-corrected chi connectivity index (χ4v) is 1.97. The van der Waals surface area contributed by atoms with Crippen molar-refractivity contribution >= 4 is 29.2 Å². The predicted molar refractivity (Wildman–Crippen MR) is 66.6 cm³/mol. The molecular formula is C12H6Cl2FNO2. The first-order valence-corrected chi connectivity index (χ1v) is 5.60. The van der Waals surface area contributed by atoms with E-state index in [1.165, 1.54) is 18.2 Å². The molecule has 0 amide bonds. The van der Waals surface area contributed by atoms with Gasteiger partial charge < -0.3 is 5.11 Å². The lowest BCUT2D eigenvalue weighted by Gasteiger charge is -2.06. The minimum atomic E-state index is -1.29. The van der Waals surface area contributed by atoms with Gasteiger partial charge >= 0.3 is 5.97 Å². The molecule has 0 fully saturated rings. The summed E-state index contributed by atoms with van der Waals surface area (Å²) in [5.74, 6) is -2.18. The second-order valence-electron chi connectivity index (χ2n) is 3.46. The molecule has 1 aromatic carbocycles. The van der Waals surface area contributed by atoms with E-state index < -0.39 is 11.9 Å². The molecular weight excluding hydrogens is 280 g/mol. The van der Waals surface area contributed by atoms with Gasteiger partial charge in [0.15, 0.2) is 5.69 Å². The second kappa shape index (κ2) is 4.92. The highest BCUT2D eigenvalue weighted by Crippen LogP contribution is 2.31. The first kappa shape index (κ1) is 12.8. The van der Waals surface area contributed by atoms with Crippen molar-refractivity contribution < 1.29 is 14.3 Å². The summed E-state index contributed by atoms with van der Waals surface area (Å²) in [7, 11) is 0. The smallest absolute Gasteiger partial charge is 0.354 e. The van der Waals surface area contributed by atoms with Crippen molar-refractivity contribution in [1.29, 1.82) is 0 Å². The second-order valence-corrected chi connectivity index (χ2v) is 4.31. The first-order valence-electron chi connectivity index (χ1n) is 4.84. The third-order valence-electron chi connectivity index (χ3n) is 2.29. The minimum Gasteiger partial charge on any atom is -0.477 e. The Morgan fingerprint density at radius 1 is 1.17 bits per heavy atom. The zero-order chi connectivity index (χ0) is 13.3. The summed E-state index contributed by atoms with van der Waals surface area (Å²) in [6.07, 6.45) is 0. The van der Waals surface area contributed by atoms with Crippen molar-refractivity contribution in [2.45, 2.75) is 0 Å². The van der Waals surface area contributed by atoms with Crippen molar-refractivity contribution in [3.63, 3.8) is 0 Å². The Hall–Kier alpha value is -1.65. The van der Waals surface area contributed by atoms with Crippen LogP contribution in [0.4, 0.5) is 4.39 Å². The summed E-state index contributed by atoms with van der Waals surface area (Å²) in [4.78, 5) is 14.0. The van der Waals surface area contributed by atoms with E-state index in [4.69, 9.17) is 28.3 Å². The molecule has 0 saturated carbocycles. The maximum atomic E-state index is 13.7. The van der Waals surface area contributed by atoms with E-state index in [-0.39, 0.29) is 16.3 Å². The average Bonchev–Trinajstić information content (AvgIpc) is 2.30. The van der Waals surface area contributed by atoms with E-state index in [9.17, 15) is 9.18 Å². The highest BCUT2D eigenvalue weighted by atomic mass is 35.5. The Morgan fingerprint density at radius 2 is 1.83 bits per heavy atom. The highest BCUT2D eigenvalue weighted by Gasteiger charge is 2.13. The lowest BCUT2D eigenvalue weighted by Crippen LogP contribution is -2.02. The first-order chi connectivity index (χ1) is 8.49. The van der Waals surface area contributed by atoms with Gasteiger partial charge in [-0.25, -0.2) is 9.78 Å². The van der Waals surface area contributed by atoms with Crippen LogP contribution >= 0.6 is 23.2 Å². The van der Waals surface area contributed by atoms with Crippen molar-refractivity contribution in [3.8, 4) is 11.1 Å². The number of halogens is 3.